The summed E-state index contributed by atoms with van der Waals surface area (Å²) in [7, 11) is 0. The molecule has 2 N–H and O–H groups in total. The van der Waals surface area contributed by atoms with Gasteiger partial charge in [-0.1, -0.05) is 29.5 Å². The normalized spacial score (nSPS) is 16.1. The van der Waals surface area contributed by atoms with E-state index in [1.807, 2.05) is 31.2 Å². The standard InChI is InChI=1S/C23H24N4O3S2/c1-12-6-10-15(11-7-12)27-21(29)18-16-4-3-5-17(16)32-20(18)26-23(27)31-13(2)19(28)25-22(30)24-14-8-9-14/h6-7,10-11,13-14H,3-5,8-9H2,1-2H3,(H2,24,25,28,30). The van der Waals surface area contributed by atoms with Gasteiger partial charge in [0, 0.05) is 10.9 Å². The van der Waals surface area contributed by atoms with Crippen molar-refractivity contribution in [2.45, 2.75) is 62.4 Å². The van der Waals surface area contributed by atoms with E-state index in [1.165, 1.54) is 16.6 Å². The molecule has 5 rings (SSSR count). The minimum absolute atomic E-state index is 0.0974. The quantitative estimate of drug-likeness (QED) is 0.440. The molecule has 0 radical (unpaired) electrons. The lowest BCUT2D eigenvalue weighted by molar-refractivity contribution is -0.119. The van der Waals surface area contributed by atoms with Crippen LogP contribution in [0.5, 0.6) is 0 Å². The first-order valence-electron chi connectivity index (χ1n) is 10.8. The molecule has 166 valence electrons. The lowest BCUT2D eigenvalue weighted by Crippen LogP contribution is -2.43. The highest BCUT2D eigenvalue weighted by Gasteiger charge is 2.28. The number of thioether (sulfide) groups is 1. The summed E-state index contributed by atoms with van der Waals surface area (Å²) < 4.78 is 1.60. The number of amides is 3. The molecule has 0 aliphatic heterocycles. The summed E-state index contributed by atoms with van der Waals surface area (Å²) in [5.41, 5.74) is 2.84. The van der Waals surface area contributed by atoms with E-state index in [9.17, 15) is 14.4 Å². The predicted octanol–water partition coefficient (Wildman–Crippen LogP) is 3.71. The molecule has 1 saturated carbocycles. The van der Waals surface area contributed by atoms with Crippen molar-refractivity contribution in [3.63, 3.8) is 0 Å². The fourth-order valence-corrected chi connectivity index (χ4v) is 6.13. The van der Waals surface area contributed by atoms with Gasteiger partial charge in [0.05, 0.1) is 16.3 Å². The lowest BCUT2D eigenvalue weighted by atomic mass is 10.2. The smallest absolute Gasteiger partial charge is 0.321 e. The number of hydrogen-bond donors (Lipinski definition) is 2. The van der Waals surface area contributed by atoms with Crippen LogP contribution >= 0.6 is 23.1 Å². The van der Waals surface area contributed by atoms with Crippen LogP contribution in [0.2, 0.25) is 0 Å². The van der Waals surface area contributed by atoms with E-state index in [4.69, 9.17) is 4.98 Å². The fraction of sp³-hybridized carbons (Fsp3) is 0.391. The monoisotopic (exact) mass is 468 g/mol. The number of carbonyl (C=O) groups excluding carboxylic acids is 2. The number of aromatic nitrogens is 2. The molecule has 0 saturated heterocycles. The molecular weight excluding hydrogens is 444 g/mol. The second kappa shape index (κ2) is 8.37. The highest BCUT2D eigenvalue weighted by Crippen LogP contribution is 2.36. The lowest BCUT2D eigenvalue weighted by Gasteiger charge is -2.16. The Morgan fingerprint density at radius 2 is 1.97 bits per heavy atom. The van der Waals surface area contributed by atoms with Crippen LogP contribution in [0.15, 0.2) is 34.2 Å². The number of urea groups is 1. The van der Waals surface area contributed by atoms with Gasteiger partial charge in [-0.3, -0.25) is 19.5 Å². The van der Waals surface area contributed by atoms with Crippen LogP contribution in [0.4, 0.5) is 4.79 Å². The van der Waals surface area contributed by atoms with Gasteiger partial charge in [-0.2, -0.15) is 0 Å². The van der Waals surface area contributed by atoms with Crippen molar-refractivity contribution >= 4 is 45.3 Å². The number of carbonyl (C=O) groups is 2. The number of hydrogen-bond acceptors (Lipinski definition) is 6. The highest BCUT2D eigenvalue weighted by atomic mass is 32.2. The molecule has 2 aliphatic rings. The van der Waals surface area contributed by atoms with Crippen molar-refractivity contribution in [1.82, 2.24) is 20.2 Å². The molecule has 1 atom stereocenters. The van der Waals surface area contributed by atoms with Crippen LogP contribution in [-0.2, 0) is 17.6 Å². The molecule has 0 bridgehead atoms. The van der Waals surface area contributed by atoms with Crippen molar-refractivity contribution in [2.24, 2.45) is 0 Å². The Balaban J connectivity index is 1.51. The summed E-state index contributed by atoms with van der Waals surface area (Å²) in [6, 6.07) is 7.40. The fourth-order valence-electron chi connectivity index (χ4n) is 3.90. The van der Waals surface area contributed by atoms with Gasteiger partial charge in [0.2, 0.25) is 5.91 Å². The maximum Gasteiger partial charge on any atom is 0.321 e. The van der Waals surface area contributed by atoms with E-state index >= 15 is 0 Å². The van der Waals surface area contributed by atoms with Gasteiger partial charge in [0.1, 0.15) is 4.83 Å². The van der Waals surface area contributed by atoms with Gasteiger partial charge < -0.3 is 5.32 Å². The van der Waals surface area contributed by atoms with Crippen molar-refractivity contribution in [3.8, 4) is 5.69 Å². The van der Waals surface area contributed by atoms with Crippen molar-refractivity contribution in [1.29, 1.82) is 0 Å². The van der Waals surface area contributed by atoms with Gasteiger partial charge in [0.25, 0.3) is 5.56 Å². The van der Waals surface area contributed by atoms with Crippen molar-refractivity contribution in [2.75, 3.05) is 0 Å². The zero-order chi connectivity index (χ0) is 22.4. The molecule has 0 spiro atoms. The zero-order valence-electron chi connectivity index (χ0n) is 17.9. The van der Waals surface area contributed by atoms with E-state index in [0.29, 0.717) is 10.5 Å². The molecule has 7 nitrogen and oxygen atoms in total. The summed E-state index contributed by atoms with van der Waals surface area (Å²) in [5, 5.41) is 5.70. The maximum absolute atomic E-state index is 13.7. The Bertz CT molecular complexity index is 1280. The van der Waals surface area contributed by atoms with Gasteiger partial charge >= 0.3 is 6.03 Å². The molecule has 1 unspecified atom stereocenters. The topological polar surface area (TPSA) is 93.1 Å². The van der Waals surface area contributed by atoms with Crippen molar-refractivity contribution < 1.29 is 9.59 Å². The Hall–Kier alpha value is -2.65. The van der Waals surface area contributed by atoms with Crippen LogP contribution in [0, 0.1) is 6.92 Å². The molecule has 9 heteroatoms. The molecule has 2 aromatic heterocycles. The molecule has 32 heavy (non-hydrogen) atoms. The highest BCUT2D eigenvalue weighted by molar-refractivity contribution is 8.00. The van der Waals surface area contributed by atoms with E-state index < -0.39 is 17.2 Å². The van der Waals surface area contributed by atoms with Gasteiger partial charge in [-0.05, 0) is 63.6 Å². The summed E-state index contributed by atoms with van der Waals surface area (Å²) in [6.45, 7) is 3.71. The third-order valence-corrected chi connectivity index (χ3v) is 8.04. The SMILES string of the molecule is Cc1ccc(-n2c(SC(C)C(=O)NC(=O)NC3CC3)nc3sc4c(c3c2=O)CCC4)cc1. The maximum atomic E-state index is 13.7. The first-order chi connectivity index (χ1) is 15.4. The van der Waals surface area contributed by atoms with Crippen LogP contribution in [0.1, 0.15) is 42.2 Å². The van der Waals surface area contributed by atoms with Gasteiger partial charge in [-0.15, -0.1) is 11.3 Å². The Morgan fingerprint density at radius 1 is 1.22 bits per heavy atom. The Morgan fingerprint density at radius 3 is 2.69 bits per heavy atom. The largest absolute Gasteiger partial charge is 0.335 e. The van der Waals surface area contributed by atoms with Crippen LogP contribution in [-0.4, -0.2) is 32.8 Å². The Labute approximate surface area is 193 Å². The van der Waals surface area contributed by atoms with Crippen LogP contribution in [0.3, 0.4) is 0 Å². The number of rotatable bonds is 5. The number of nitrogens with zero attached hydrogens (tertiary/aromatic N) is 2. The minimum Gasteiger partial charge on any atom is -0.335 e. The second-order valence-electron chi connectivity index (χ2n) is 8.41. The zero-order valence-corrected chi connectivity index (χ0v) is 19.6. The van der Waals surface area contributed by atoms with E-state index in [0.717, 1.165) is 53.7 Å². The molecule has 1 aromatic carbocycles. The minimum atomic E-state index is -0.604. The van der Waals surface area contributed by atoms with E-state index in [1.54, 1.807) is 22.8 Å². The molecule has 2 aliphatic carbocycles. The first-order valence-corrected chi connectivity index (χ1v) is 12.5. The van der Waals surface area contributed by atoms with E-state index in [-0.39, 0.29) is 11.6 Å². The van der Waals surface area contributed by atoms with Crippen molar-refractivity contribution in [3.05, 3.63) is 50.6 Å². The number of benzene rings is 1. The number of nitrogens with one attached hydrogen (secondary N) is 2. The average Bonchev–Trinajstić information content (AvgIpc) is 3.32. The number of thiophene rings is 1. The van der Waals surface area contributed by atoms with Crippen LogP contribution < -0.4 is 16.2 Å². The van der Waals surface area contributed by atoms with Crippen LogP contribution in [0.25, 0.3) is 15.9 Å². The molecule has 3 amide bonds. The van der Waals surface area contributed by atoms with E-state index in [2.05, 4.69) is 10.6 Å². The second-order valence-corrected chi connectivity index (χ2v) is 10.8. The number of aryl methyl sites for hydroxylation is 3. The van der Waals surface area contributed by atoms with Gasteiger partial charge in [0.15, 0.2) is 5.16 Å². The summed E-state index contributed by atoms with van der Waals surface area (Å²) in [5.74, 6) is -0.411. The molecular formula is C23H24N4O3S2. The first kappa shape index (κ1) is 21.2. The molecule has 3 aromatic rings. The number of imide groups is 1. The summed E-state index contributed by atoms with van der Waals surface area (Å²) in [6.07, 6.45) is 4.85. The Kier molecular flexibility index (Phi) is 5.54. The molecule has 1 fully saturated rings. The predicted molar refractivity (Wildman–Crippen MR) is 127 cm³/mol. The third kappa shape index (κ3) is 4.06. The third-order valence-electron chi connectivity index (χ3n) is 5.80. The molecule has 2 heterocycles. The van der Waals surface area contributed by atoms with Gasteiger partial charge in [-0.25, -0.2) is 9.78 Å². The number of fused-ring (bicyclic) bond motifs is 3. The summed E-state index contributed by atoms with van der Waals surface area (Å²) in [4.78, 5) is 45.0. The summed E-state index contributed by atoms with van der Waals surface area (Å²) >= 11 is 2.77. The average molecular weight is 469 g/mol.